The lowest BCUT2D eigenvalue weighted by atomic mass is 10.3. The van der Waals surface area contributed by atoms with Gasteiger partial charge in [0.15, 0.2) is 14.6 Å². The van der Waals surface area contributed by atoms with Crippen LogP contribution in [-0.2, 0) is 21.3 Å². The van der Waals surface area contributed by atoms with Gasteiger partial charge in [-0.15, -0.1) is 0 Å². The Morgan fingerprint density at radius 3 is 2.92 bits per heavy atom. The third kappa shape index (κ3) is 1.36. The van der Waals surface area contributed by atoms with Crippen molar-refractivity contribution >= 4 is 25.8 Å². The van der Waals surface area contributed by atoms with Crippen LogP contribution in [0.3, 0.4) is 0 Å². The van der Waals surface area contributed by atoms with E-state index in [9.17, 15) is 8.42 Å². The summed E-state index contributed by atoms with van der Waals surface area (Å²) in [5.41, 5.74) is 1.34. The Morgan fingerprint density at radius 1 is 1.42 bits per heavy atom. The maximum Gasteiger partial charge on any atom is 0.196 e. The van der Waals surface area contributed by atoms with Gasteiger partial charge in [-0.2, -0.15) is 0 Å². The fraction of sp³-hybridized carbons (Fsp3) is 0.333. The van der Waals surface area contributed by atoms with Gasteiger partial charge >= 0.3 is 0 Å². The van der Waals surface area contributed by atoms with E-state index in [1.54, 1.807) is 6.20 Å². The lowest BCUT2D eigenvalue weighted by Crippen LogP contribution is -1.96. The Balaban J connectivity index is 2.56. The monoisotopic (exact) mass is 248 g/mol. The summed E-state index contributed by atoms with van der Waals surface area (Å²) < 4.78 is 22.7. The molecule has 0 radical (unpaired) electrons. The van der Waals surface area contributed by atoms with Gasteiger partial charge in [-0.1, -0.05) is 0 Å². The molecule has 0 aliphatic carbocycles. The molecule has 1 aliphatic heterocycles. The third-order valence-electron chi connectivity index (χ3n) is 1.66. The molecule has 2 heterocycles. The highest BCUT2D eigenvalue weighted by Gasteiger charge is 2.26. The second-order valence-electron chi connectivity index (χ2n) is 2.64. The first-order valence-electron chi connectivity index (χ1n) is 3.27. The normalized spacial score (nSPS) is 19.1. The zero-order chi connectivity index (χ0) is 8.77. The van der Waals surface area contributed by atoms with Crippen LogP contribution in [0.5, 0.6) is 0 Å². The lowest BCUT2D eigenvalue weighted by molar-refractivity contribution is 0.597. The molecule has 2 rings (SSSR count). The van der Waals surface area contributed by atoms with Crippen molar-refractivity contribution in [3.63, 3.8) is 0 Å². The van der Waals surface area contributed by atoms with Crippen LogP contribution in [0, 0.1) is 0 Å². The smallest absolute Gasteiger partial charge is 0.196 e. The van der Waals surface area contributed by atoms with Gasteiger partial charge in [0.05, 0.1) is 17.2 Å². The first kappa shape index (κ1) is 8.12. The first-order chi connectivity index (χ1) is 5.57. The summed E-state index contributed by atoms with van der Waals surface area (Å²) in [4.78, 5) is 7.83. The molecule has 6 heteroatoms. The molecule has 1 aliphatic rings. The van der Waals surface area contributed by atoms with E-state index in [2.05, 4.69) is 25.9 Å². The van der Waals surface area contributed by atoms with Crippen molar-refractivity contribution in [1.82, 2.24) is 9.97 Å². The van der Waals surface area contributed by atoms with Crippen molar-refractivity contribution in [3.05, 3.63) is 22.2 Å². The number of aromatic nitrogens is 2. The minimum absolute atomic E-state index is 0.0451. The molecule has 0 amide bonds. The minimum atomic E-state index is -2.95. The van der Waals surface area contributed by atoms with Crippen LogP contribution in [0.4, 0.5) is 0 Å². The standard InChI is InChI=1S/C6H5BrN2O2S/c7-6-8-1-4-2-12(10,11)3-5(4)9-6/h1H,2-3H2. The van der Waals surface area contributed by atoms with Crippen LogP contribution in [0.1, 0.15) is 11.3 Å². The molecule has 64 valence electrons. The predicted octanol–water partition coefficient (Wildman–Crippen LogP) is 0.668. The Bertz CT molecular complexity index is 429. The SMILES string of the molecule is O=S1(=O)Cc2cnc(Br)nc2C1. The molecule has 1 aromatic rings. The molecule has 0 aromatic carbocycles. The zero-order valence-electron chi connectivity index (χ0n) is 5.99. The second-order valence-corrected chi connectivity index (χ2v) is 5.42. The number of halogens is 1. The number of rotatable bonds is 0. The van der Waals surface area contributed by atoms with Crippen LogP contribution in [0.15, 0.2) is 10.9 Å². The Labute approximate surface area is 78.1 Å². The summed E-state index contributed by atoms with van der Waals surface area (Å²) in [5.74, 6) is 0.124. The second kappa shape index (κ2) is 2.50. The van der Waals surface area contributed by atoms with E-state index in [-0.39, 0.29) is 11.5 Å². The van der Waals surface area contributed by atoms with Crippen LogP contribution in [0.2, 0.25) is 0 Å². The van der Waals surface area contributed by atoms with Gasteiger partial charge in [-0.3, -0.25) is 0 Å². The van der Waals surface area contributed by atoms with Gasteiger partial charge in [0, 0.05) is 11.8 Å². The fourth-order valence-electron chi connectivity index (χ4n) is 1.16. The van der Waals surface area contributed by atoms with Crippen molar-refractivity contribution in [2.45, 2.75) is 11.5 Å². The summed E-state index contributed by atoms with van der Waals surface area (Å²) in [7, 11) is -2.95. The van der Waals surface area contributed by atoms with E-state index in [0.717, 1.165) is 5.56 Å². The van der Waals surface area contributed by atoms with E-state index in [1.807, 2.05) is 0 Å². The molecule has 0 fully saturated rings. The molecular formula is C6H5BrN2O2S. The molecule has 4 nitrogen and oxygen atoms in total. The van der Waals surface area contributed by atoms with Gasteiger partial charge in [0.25, 0.3) is 0 Å². The van der Waals surface area contributed by atoms with Crippen molar-refractivity contribution < 1.29 is 8.42 Å². The zero-order valence-corrected chi connectivity index (χ0v) is 8.39. The summed E-state index contributed by atoms with van der Waals surface area (Å²) in [6.07, 6.45) is 1.55. The fourth-order valence-corrected chi connectivity index (χ4v) is 2.96. The van der Waals surface area contributed by atoms with E-state index in [4.69, 9.17) is 0 Å². The molecule has 0 saturated carbocycles. The summed E-state index contributed by atoms with van der Waals surface area (Å²) in [6, 6.07) is 0. The third-order valence-corrected chi connectivity index (χ3v) is 3.50. The van der Waals surface area contributed by atoms with Crippen LogP contribution in [0.25, 0.3) is 0 Å². The van der Waals surface area contributed by atoms with Gasteiger partial charge in [0.2, 0.25) is 0 Å². The number of fused-ring (bicyclic) bond motifs is 1. The quantitative estimate of drug-likeness (QED) is 0.634. The largest absolute Gasteiger partial charge is 0.230 e. The lowest BCUT2D eigenvalue weighted by Gasteiger charge is -1.93. The average Bonchev–Trinajstić information content (AvgIpc) is 2.21. The van der Waals surface area contributed by atoms with Gasteiger partial charge in [0.1, 0.15) is 0 Å². The van der Waals surface area contributed by atoms with Crippen molar-refractivity contribution in [3.8, 4) is 0 Å². The highest BCUT2D eigenvalue weighted by Crippen LogP contribution is 2.23. The number of sulfone groups is 1. The van der Waals surface area contributed by atoms with Crippen molar-refractivity contribution in [2.24, 2.45) is 0 Å². The summed E-state index contributed by atoms with van der Waals surface area (Å²) in [5, 5.41) is 0. The minimum Gasteiger partial charge on any atom is -0.230 e. The van der Waals surface area contributed by atoms with Crippen molar-refractivity contribution in [2.75, 3.05) is 0 Å². The molecular weight excluding hydrogens is 244 g/mol. The molecule has 0 N–H and O–H groups in total. The molecule has 1 aromatic heterocycles. The van der Waals surface area contributed by atoms with Gasteiger partial charge in [-0.05, 0) is 15.9 Å². The maximum absolute atomic E-state index is 11.1. The average molecular weight is 249 g/mol. The van der Waals surface area contributed by atoms with Gasteiger partial charge < -0.3 is 0 Å². The molecule has 0 spiro atoms. The number of nitrogens with zero attached hydrogens (tertiary/aromatic N) is 2. The van der Waals surface area contributed by atoms with E-state index >= 15 is 0 Å². The van der Waals surface area contributed by atoms with E-state index in [0.29, 0.717) is 10.4 Å². The number of hydrogen-bond acceptors (Lipinski definition) is 4. The maximum atomic E-state index is 11.1. The Morgan fingerprint density at radius 2 is 2.17 bits per heavy atom. The topological polar surface area (TPSA) is 59.9 Å². The first-order valence-corrected chi connectivity index (χ1v) is 5.89. The van der Waals surface area contributed by atoms with Gasteiger partial charge in [-0.25, -0.2) is 18.4 Å². The summed E-state index contributed by atoms with van der Waals surface area (Å²) in [6.45, 7) is 0. The van der Waals surface area contributed by atoms with Crippen molar-refractivity contribution in [1.29, 1.82) is 0 Å². The van der Waals surface area contributed by atoms with E-state index in [1.165, 1.54) is 0 Å². The van der Waals surface area contributed by atoms with Crippen LogP contribution < -0.4 is 0 Å². The molecule has 0 bridgehead atoms. The number of hydrogen-bond donors (Lipinski definition) is 0. The highest BCUT2D eigenvalue weighted by molar-refractivity contribution is 9.10. The predicted molar refractivity (Wildman–Crippen MR) is 46.1 cm³/mol. The molecule has 0 saturated heterocycles. The van der Waals surface area contributed by atoms with Crippen LogP contribution >= 0.6 is 15.9 Å². The molecule has 0 unspecified atom stereocenters. The molecule has 0 atom stereocenters. The Hall–Kier alpha value is -0.490. The van der Waals surface area contributed by atoms with Crippen LogP contribution in [-0.4, -0.2) is 18.4 Å². The summed E-state index contributed by atoms with van der Waals surface area (Å²) >= 11 is 3.09. The highest BCUT2D eigenvalue weighted by atomic mass is 79.9. The van der Waals surface area contributed by atoms with E-state index < -0.39 is 9.84 Å². The molecule has 12 heavy (non-hydrogen) atoms. The Kier molecular flexibility index (Phi) is 1.69.